The van der Waals surface area contributed by atoms with Gasteiger partial charge in [0.1, 0.15) is 5.69 Å². The zero-order chi connectivity index (χ0) is 23.5. The summed E-state index contributed by atoms with van der Waals surface area (Å²) < 4.78 is 28.6. The number of benzene rings is 1. The molecule has 11 nitrogen and oxygen atoms in total. The Kier molecular flexibility index (Phi) is 7.41. The fourth-order valence-electron chi connectivity index (χ4n) is 2.69. The van der Waals surface area contributed by atoms with Crippen molar-refractivity contribution < 1.29 is 18.0 Å². The Hall–Kier alpha value is -2.96. The molecule has 168 valence electrons. The third-order valence-electron chi connectivity index (χ3n) is 4.10. The van der Waals surface area contributed by atoms with Crippen LogP contribution in [0.2, 0.25) is 10.0 Å². The maximum Gasteiger partial charge on any atom is 0.275 e. The van der Waals surface area contributed by atoms with Crippen LogP contribution in [0.4, 0.5) is 5.69 Å². The van der Waals surface area contributed by atoms with Gasteiger partial charge >= 0.3 is 0 Å². The molecule has 0 fully saturated rings. The maximum atomic E-state index is 13.0. The van der Waals surface area contributed by atoms with Gasteiger partial charge in [-0.2, -0.15) is 0 Å². The largest absolute Gasteiger partial charge is 0.387 e. The van der Waals surface area contributed by atoms with E-state index < -0.39 is 39.6 Å². The first-order valence-corrected chi connectivity index (χ1v) is 10.8. The monoisotopic (exact) mass is 490 g/mol. The number of hydrogen-bond donors (Lipinski definition) is 4. The first kappa shape index (κ1) is 24.3. The molecule has 1 aromatic heterocycles. The quantitative estimate of drug-likeness (QED) is 0.240. The highest BCUT2D eigenvalue weighted by Crippen LogP contribution is 2.26. The van der Waals surface area contributed by atoms with E-state index in [1.165, 1.54) is 38.1 Å². The lowest BCUT2D eigenvalue weighted by molar-refractivity contribution is -0.125. The van der Waals surface area contributed by atoms with Crippen LogP contribution in [0.25, 0.3) is 0 Å². The predicted molar refractivity (Wildman–Crippen MR) is 117 cm³/mol. The lowest BCUT2D eigenvalue weighted by atomic mass is 10.1. The van der Waals surface area contributed by atoms with Crippen molar-refractivity contribution in [2.24, 2.45) is 22.4 Å². The molecule has 0 radical (unpaired) electrons. The Morgan fingerprint density at radius 1 is 1.16 bits per heavy atom. The summed E-state index contributed by atoms with van der Waals surface area (Å²) in [5, 5.41) is 3.55. The number of halogens is 2. The lowest BCUT2D eigenvalue weighted by Crippen LogP contribution is -2.42. The van der Waals surface area contributed by atoms with Crippen LogP contribution in [-0.2, 0) is 19.7 Å². The highest BCUT2D eigenvalue weighted by Gasteiger charge is 2.30. The van der Waals surface area contributed by atoms with E-state index in [1.54, 1.807) is 0 Å². The highest BCUT2D eigenvalue weighted by molar-refractivity contribution is 7.92. The van der Waals surface area contributed by atoms with Crippen LogP contribution in [0.3, 0.4) is 0 Å². The van der Waals surface area contributed by atoms with Gasteiger partial charge in [0.15, 0.2) is 12.1 Å². The Labute approximate surface area is 187 Å². The molecule has 0 saturated carbocycles. The van der Waals surface area contributed by atoms with Gasteiger partial charge in [0.25, 0.3) is 15.6 Å². The molecule has 1 heterocycles. The molecule has 2 aromatic rings. The normalized spacial score (nSPS) is 13.2. The van der Waals surface area contributed by atoms with Crippen LogP contribution in [0, 0.1) is 6.92 Å². The number of primary amides is 1. The second-order valence-corrected chi connectivity index (χ2v) is 8.92. The number of carbonyl (C=O) groups is 1. The maximum absolute atomic E-state index is 13.0. The Balaban J connectivity index is 2.52. The van der Waals surface area contributed by atoms with Gasteiger partial charge in [-0.3, -0.25) is 18.9 Å². The van der Waals surface area contributed by atoms with Crippen LogP contribution in [0.1, 0.15) is 18.7 Å². The summed E-state index contributed by atoms with van der Waals surface area (Å²) >= 11 is 11.7. The summed E-state index contributed by atoms with van der Waals surface area (Å²) in [6, 6.07) is 5.00. The number of oxime groups is 1. The fraction of sp³-hybridized carbons (Fsp3) is 0.235. The molecule has 1 aromatic carbocycles. The van der Waals surface area contributed by atoms with E-state index in [0.29, 0.717) is 5.69 Å². The number of pyridine rings is 1. The highest BCUT2D eigenvalue weighted by atomic mass is 35.5. The summed E-state index contributed by atoms with van der Waals surface area (Å²) in [5.74, 6) is -1.32. The van der Waals surface area contributed by atoms with Crippen LogP contribution in [0.5, 0.6) is 0 Å². The van der Waals surface area contributed by atoms with Crippen molar-refractivity contribution in [3.63, 3.8) is 0 Å². The number of rotatable bonds is 8. The molecule has 0 spiro atoms. The van der Waals surface area contributed by atoms with E-state index in [4.69, 9.17) is 45.2 Å². The summed E-state index contributed by atoms with van der Waals surface area (Å²) in [6.07, 6.45) is -1.06. The van der Waals surface area contributed by atoms with Crippen molar-refractivity contribution in [1.82, 2.24) is 4.57 Å². The number of amides is 1. The predicted octanol–water partition coefficient (Wildman–Crippen LogP) is 0.884. The van der Waals surface area contributed by atoms with Crippen molar-refractivity contribution in [2.45, 2.75) is 30.9 Å². The van der Waals surface area contributed by atoms with Crippen molar-refractivity contribution in [1.29, 1.82) is 0 Å². The van der Waals surface area contributed by atoms with Gasteiger partial charge < -0.3 is 22.0 Å². The van der Waals surface area contributed by atoms with Crippen molar-refractivity contribution in [2.75, 3.05) is 4.72 Å². The number of aromatic nitrogens is 1. The Bertz CT molecular complexity index is 1190. The van der Waals surface area contributed by atoms with Crippen molar-refractivity contribution >= 4 is 50.8 Å². The van der Waals surface area contributed by atoms with Crippen LogP contribution >= 0.6 is 23.2 Å². The van der Waals surface area contributed by atoms with Gasteiger partial charge in [-0.1, -0.05) is 23.2 Å². The third kappa shape index (κ3) is 5.60. The minimum absolute atomic E-state index is 0.0188. The van der Waals surface area contributed by atoms with Crippen LogP contribution in [-0.4, -0.2) is 31.0 Å². The number of guanidine groups is 1. The van der Waals surface area contributed by atoms with Crippen LogP contribution in [0.15, 0.2) is 45.2 Å². The molecule has 0 aliphatic rings. The summed E-state index contributed by atoms with van der Waals surface area (Å²) in [7, 11) is -4.20. The minimum atomic E-state index is -4.20. The van der Waals surface area contributed by atoms with Crippen molar-refractivity contribution in [3.05, 3.63) is 56.4 Å². The van der Waals surface area contributed by atoms with E-state index >= 15 is 0 Å². The number of anilines is 1. The smallest absolute Gasteiger partial charge is 0.275 e. The summed E-state index contributed by atoms with van der Waals surface area (Å²) in [4.78, 5) is 30.0. The average molecular weight is 491 g/mol. The van der Waals surface area contributed by atoms with Gasteiger partial charge in [-0.25, -0.2) is 8.42 Å². The van der Waals surface area contributed by atoms with E-state index in [-0.39, 0.29) is 20.6 Å². The lowest BCUT2D eigenvalue weighted by Gasteiger charge is -2.24. The van der Waals surface area contributed by atoms with Gasteiger partial charge in [0.05, 0.1) is 14.9 Å². The molecule has 0 saturated heterocycles. The van der Waals surface area contributed by atoms with Crippen molar-refractivity contribution in [3.8, 4) is 0 Å². The van der Waals surface area contributed by atoms with Crippen LogP contribution < -0.4 is 27.5 Å². The standard InChI is InChI=1S/C17H20Cl2N6O5S/c1-8-3-6-13(24-31(28,29)10-4-5-11(18)12(19)7-10)16(27)25(8)14(15(20)26)9(2)30-23-17(21)22/h3-7,9,14,24H,1-2H3,(H2,20,26)(H4,21,22,23). The first-order valence-electron chi connectivity index (χ1n) is 8.59. The Morgan fingerprint density at radius 2 is 1.81 bits per heavy atom. The molecule has 1 amide bonds. The zero-order valence-corrected chi connectivity index (χ0v) is 18.7. The first-order chi connectivity index (χ1) is 14.3. The molecule has 2 rings (SSSR count). The number of nitrogens with one attached hydrogen (secondary N) is 1. The number of carbonyl (C=O) groups excluding carboxylic acids is 1. The molecule has 0 aliphatic heterocycles. The zero-order valence-electron chi connectivity index (χ0n) is 16.4. The number of nitrogens with zero attached hydrogens (tertiary/aromatic N) is 2. The van der Waals surface area contributed by atoms with Gasteiger partial charge in [0, 0.05) is 5.69 Å². The number of hydrogen-bond acceptors (Lipinski definition) is 6. The Morgan fingerprint density at radius 3 is 2.35 bits per heavy atom. The van der Waals surface area contributed by atoms with E-state index in [2.05, 4.69) is 9.88 Å². The third-order valence-corrected chi connectivity index (χ3v) is 6.21. The van der Waals surface area contributed by atoms with E-state index in [0.717, 1.165) is 10.6 Å². The molecular formula is C17H20Cl2N6O5S. The van der Waals surface area contributed by atoms with Gasteiger partial charge in [-0.05, 0) is 49.3 Å². The molecule has 7 N–H and O–H groups in total. The van der Waals surface area contributed by atoms with Gasteiger partial charge in [-0.15, -0.1) is 0 Å². The fourth-order valence-corrected chi connectivity index (χ4v) is 4.13. The van der Waals surface area contributed by atoms with E-state index in [9.17, 15) is 18.0 Å². The topological polar surface area (TPSA) is 185 Å². The second kappa shape index (κ2) is 9.45. The molecule has 31 heavy (non-hydrogen) atoms. The number of nitrogens with two attached hydrogens (primary N) is 3. The molecule has 0 aliphatic carbocycles. The molecule has 14 heteroatoms. The molecule has 0 bridgehead atoms. The molecule has 2 atom stereocenters. The number of sulfonamides is 1. The number of aryl methyl sites for hydroxylation is 1. The summed E-state index contributed by atoms with van der Waals surface area (Å²) in [6.45, 7) is 2.95. The summed E-state index contributed by atoms with van der Waals surface area (Å²) in [5.41, 5.74) is 15.0. The van der Waals surface area contributed by atoms with Gasteiger partial charge in [0.2, 0.25) is 11.9 Å². The second-order valence-electron chi connectivity index (χ2n) is 6.42. The molecular weight excluding hydrogens is 471 g/mol. The van der Waals surface area contributed by atoms with E-state index in [1.807, 2.05) is 0 Å². The minimum Gasteiger partial charge on any atom is -0.387 e. The average Bonchev–Trinajstić information content (AvgIpc) is 2.67. The SMILES string of the molecule is Cc1ccc(NS(=O)(=O)c2ccc(Cl)c(Cl)c2)c(=O)n1C(C(N)=O)C(C)ON=C(N)N. The molecule has 2 unspecified atom stereocenters.